The number of nitrogens with zero attached hydrogens (tertiary/aromatic N) is 1. The van der Waals surface area contributed by atoms with Crippen LogP contribution >= 0.6 is 12.4 Å². The van der Waals surface area contributed by atoms with E-state index in [1.54, 1.807) is 0 Å². The van der Waals surface area contributed by atoms with Gasteiger partial charge in [-0.05, 0) is 73.0 Å². The number of carbonyl (C=O) groups excluding carboxylic acids is 1. The summed E-state index contributed by atoms with van der Waals surface area (Å²) >= 11 is 0. The fraction of sp³-hybridized carbons (Fsp3) is 0.435. The van der Waals surface area contributed by atoms with Gasteiger partial charge in [0.05, 0.1) is 0 Å². The number of piperidine rings is 1. The van der Waals surface area contributed by atoms with Gasteiger partial charge in [-0.3, -0.25) is 4.79 Å². The van der Waals surface area contributed by atoms with Crippen molar-refractivity contribution in [3.63, 3.8) is 0 Å². The molecule has 0 unspecified atom stereocenters. The molecule has 1 N–H and O–H groups in total. The molecule has 0 radical (unpaired) electrons. The molecule has 0 aromatic heterocycles. The smallest absolute Gasteiger partial charge is 0.222 e. The topological polar surface area (TPSA) is 32.3 Å². The Bertz CT molecular complexity index is 799. The minimum Gasteiger partial charge on any atom is -0.343 e. The minimum absolute atomic E-state index is 0. The van der Waals surface area contributed by atoms with Gasteiger partial charge in [0.15, 0.2) is 0 Å². The van der Waals surface area contributed by atoms with Crippen molar-refractivity contribution in [2.75, 3.05) is 20.1 Å². The highest BCUT2D eigenvalue weighted by atomic mass is 35.5. The second-order valence-corrected chi connectivity index (χ2v) is 7.66. The minimum atomic E-state index is 0. The zero-order valence-corrected chi connectivity index (χ0v) is 16.9. The molecule has 1 heterocycles. The van der Waals surface area contributed by atoms with Gasteiger partial charge in [-0.1, -0.05) is 42.5 Å². The van der Waals surface area contributed by atoms with Gasteiger partial charge >= 0.3 is 0 Å². The lowest BCUT2D eigenvalue weighted by molar-refractivity contribution is -0.132. The second kappa shape index (κ2) is 8.90. The van der Waals surface area contributed by atoms with Gasteiger partial charge in [0.25, 0.3) is 0 Å². The first-order chi connectivity index (χ1) is 12.7. The van der Waals surface area contributed by atoms with Gasteiger partial charge in [0, 0.05) is 19.5 Å². The number of hydrogen-bond acceptors (Lipinski definition) is 2. The van der Waals surface area contributed by atoms with Gasteiger partial charge in [0.2, 0.25) is 5.91 Å². The van der Waals surface area contributed by atoms with Crippen molar-refractivity contribution >= 4 is 18.3 Å². The Balaban J connectivity index is 0.00000210. The summed E-state index contributed by atoms with van der Waals surface area (Å²) in [5.74, 6) is 0.295. The van der Waals surface area contributed by atoms with Crippen LogP contribution in [0.1, 0.15) is 42.4 Å². The lowest BCUT2D eigenvalue weighted by atomic mass is 9.99. The van der Waals surface area contributed by atoms with Gasteiger partial charge in [-0.2, -0.15) is 0 Å². The Morgan fingerprint density at radius 2 is 1.81 bits per heavy atom. The van der Waals surface area contributed by atoms with E-state index in [1.807, 2.05) is 11.9 Å². The van der Waals surface area contributed by atoms with Crippen molar-refractivity contribution in [1.29, 1.82) is 0 Å². The number of halogens is 1. The molecule has 1 aliphatic heterocycles. The molecule has 2 aromatic carbocycles. The first kappa shape index (κ1) is 19.9. The van der Waals surface area contributed by atoms with Crippen LogP contribution in [-0.2, 0) is 17.6 Å². The zero-order chi connectivity index (χ0) is 17.9. The van der Waals surface area contributed by atoms with Crippen LogP contribution in [0.5, 0.6) is 0 Å². The normalized spacial score (nSPS) is 15.6. The van der Waals surface area contributed by atoms with E-state index < -0.39 is 0 Å². The Hall–Kier alpha value is -1.84. The molecule has 0 saturated carbocycles. The summed E-state index contributed by atoms with van der Waals surface area (Å²) in [6, 6.07) is 16.0. The van der Waals surface area contributed by atoms with Crippen molar-refractivity contribution in [3.8, 4) is 11.1 Å². The van der Waals surface area contributed by atoms with Crippen LogP contribution in [0, 0.1) is 0 Å². The number of carbonyl (C=O) groups is 1. The quantitative estimate of drug-likeness (QED) is 0.714. The Morgan fingerprint density at radius 1 is 1.07 bits per heavy atom. The molecule has 2 aromatic rings. The third-order valence-corrected chi connectivity index (χ3v) is 5.97. The van der Waals surface area contributed by atoms with Crippen molar-refractivity contribution in [3.05, 3.63) is 59.2 Å². The van der Waals surface area contributed by atoms with Gasteiger partial charge in [0.1, 0.15) is 0 Å². The molecule has 0 atom stereocenters. The first-order valence-electron chi connectivity index (χ1n) is 9.89. The number of fused-ring (bicyclic) bond motifs is 3. The Morgan fingerprint density at radius 3 is 2.63 bits per heavy atom. The van der Waals surface area contributed by atoms with Crippen LogP contribution in [0.3, 0.4) is 0 Å². The van der Waals surface area contributed by atoms with E-state index in [0.717, 1.165) is 45.2 Å². The molecule has 4 heteroatoms. The predicted octanol–water partition coefficient (Wildman–Crippen LogP) is 4.21. The number of benzene rings is 2. The highest BCUT2D eigenvalue weighted by molar-refractivity contribution is 5.85. The monoisotopic (exact) mass is 384 g/mol. The summed E-state index contributed by atoms with van der Waals surface area (Å²) in [4.78, 5) is 14.5. The molecule has 1 amide bonds. The summed E-state index contributed by atoms with van der Waals surface area (Å²) in [6.07, 6.45) is 5.74. The first-order valence-corrected chi connectivity index (χ1v) is 9.89. The molecule has 0 bridgehead atoms. The van der Waals surface area contributed by atoms with E-state index >= 15 is 0 Å². The number of amides is 1. The fourth-order valence-corrected chi connectivity index (χ4v) is 4.34. The maximum absolute atomic E-state index is 12.5. The van der Waals surface area contributed by atoms with Crippen LogP contribution in [-0.4, -0.2) is 37.0 Å². The molecule has 4 rings (SSSR count). The molecule has 1 aliphatic carbocycles. The number of aryl methyl sites for hydroxylation is 1. The summed E-state index contributed by atoms with van der Waals surface area (Å²) < 4.78 is 0. The molecular weight excluding hydrogens is 356 g/mol. The molecule has 2 aliphatic rings. The zero-order valence-electron chi connectivity index (χ0n) is 16.0. The van der Waals surface area contributed by atoms with E-state index in [9.17, 15) is 4.79 Å². The maximum atomic E-state index is 12.5. The van der Waals surface area contributed by atoms with Gasteiger partial charge in [-0.15, -0.1) is 12.4 Å². The van der Waals surface area contributed by atoms with Crippen molar-refractivity contribution < 1.29 is 4.79 Å². The molecular formula is C23H29ClN2O. The average Bonchev–Trinajstić information content (AvgIpc) is 3.06. The van der Waals surface area contributed by atoms with E-state index in [2.05, 4.69) is 47.8 Å². The molecule has 144 valence electrons. The highest BCUT2D eigenvalue weighted by Gasteiger charge is 2.21. The maximum Gasteiger partial charge on any atom is 0.222 e. The van der Waals surface area contributed by atoms with Crippen LogP contribution in [0.15, 0.2) is 42.5 Å². The highest BCUT2D eigenvalue weighted by Crippen LogP contribution is 2.37. The second-order valence-electron chi connectivity index (χ2n) is 7.66. The lowest BCUT2D eigenvalue weighted by Gasteiger charge is -2.31. The summed E-state index contributed by atoms with van der Waals surface area (Å²) in [7, 11) is 1.98. The third-order valence-electron chi connectivity index (χ3n) is 5.97. The van der Waals surface area contributed by atoms with Crippen LogP contribution in [0.4, 0.5) is 0 Å². The van der Waals surface area contributed by atoms with Crippen molar-refractivity contribution in [1.82, 2.24) is 10.2 Å². The van der Waals surface area contributed by atoms with E-state index in [-0.39, 0.29) is 12.4 Å². The largest absolute Gasteiger partial charge is 0.343 e. The molecule has 27 heavy (non-hydrogen) atoms. The molecule has 1 fully saturated rings. The number of rotatable bonds is 5. The SMILES string of the molecule is CN(C(=O)CCCc1ccc2c(c1)-c1ccccc1C2)C1CCNCC1.Cl. The summed E-state index contributed by atoms with van der Waals surface area (Å²) in [5.41, 5.74) is 6.97. The fourth-order valence-electron chi connectivity index (χ4n) is 4.34. The van der Waals surface area contributed by atoms with Crippen molar-refractivity contribution in [2.24, 2.45) is 0 Å². The molecule has 0 spiro atoms. The standard InChI is InChI=1S/C23H28N2O.ClH/c1-25(20-11-13-24-14-12-20)23(26)8-4-5-17-9-10-19-16-18-6-2-3-7-21(18)22(19)15-17;/h2-3,6-7,9-10,15,20,24H,4-5,8,11-14,16H2,1H3;1H. The lowest BCUT2D eigenvalue weighted by Crippen LogP contribution is -2.43. The van der Waals surface area contributed by atoms with Gasteiger partial charge < -0.3 is 10.2 Å². The van der Waals surface area contributed by atoms with E-state index in [0.29, 0.717) is 18.4 Å². The summed E-state index contributed by atoms with van der Waals surface area (Å²) in [5, 5.41) is 3.36. The van der Waals surface area contributed by atoms with Gasteiger partial charge in [-0.25, -0.2) is 0 Å². The average molecular weight is 385 g/mol. The summed E-state index contributed by atoms with van der Waals surface area (Å²) in [6.45, 7) is 2.05. The number of hydrogen-bond donors (Lipinski definition) is 1. The van der Waals surface area contributed by atoms with Crippen LogP contribution in [0.25, 0.3) is 11.1 Å². The predicted molar refractivity (Wildman–Crippen MR) is 114 cm³/mol. The molecule has 3 nitrogen and oxygen atoms in total. The Kier molecular flexibility index (Phi) is 6.56. The van der Waals surface area contributed by atoms with Crippen LogP contribution < -0.4 is 5.32 Å². The van der Waals surface area contributed by atoms with E-state index in [1.165, 1.54) is 27.8 Å². The third kappa shape index (κ3) is 4.36. The van der Waals surface area contributed by atoms with E-state index in [4.69, 9.17) is 0 Å². The molecule has 1 saturated heterocycles. The Labute approximate surface area is 168 Å². The van der Waals surface area contributed by atoms with Crippen LogP contribution in [0.2, 0.25) is 0 Å². The number of nitrogens with one attached hydrogen (secondary N) is 1. The van der Waals surface area contributed by atoms with Crippen molar-refractivity contribution in [2.45, 2.75) is 44.6 Å².